The van der Waals surface area contributed by atoms with Crippen LogP contribution < -0.4 is 5.32 Å². The lowest BCUT2D eigenvalue weighted by Gasteiger charge is -2.06. The van der Waals surface area contributed by atoms with E-state index in [0.29, 0.717) is 5.13 Å². The summed E-state index contributed by atoms with van der Waals surface area (Å²) in [4.78, 5) is 26.5. The van der Waals surface area contributed by atoms with Crippen molar-refractivity contribution in [1.29, 1.82) is 0 Å². The van der Waals surface area contributed by atoms with Gasteiger partial charge >= 0.3 is 5.97 Å². The van der Waals surface area contributed by atoms with Crippen molar-refractivity contribution in [3.05, 3.63) is 44.4 Å². The number of nitrogens with one attached hydrogen (secondary N) is 1. The summed E-state index contributed by atoms with van der Waals surface area (Å²) in [7, 11) is 0. The first-order valence-corrected chi connectivity index (χ1v) is 6.43. The maximum Gasteiger partial charge on any atom is 0.337 e. The number of nitro groups is 1. The summed E-state index contributed by atoms with van der Waals surface area (Å²) in [5.74, 6) is -1.16. The summed E-state index contributed by atoms with van der Waals surface area (Å²) >= 11 is 1.36. The highest BCUT2D eigenvalue weighted by molar-refractivity contribution is 7.15. The molecule has 0 aliphatic carbocycles. The summed E-state index contributed by atoms with van der Waals surface area (Å²) in [6, 6.07) is 3.55. The molecule has 104 valence electrons. The molecule has 0 aliphatic heterocycles. The largest absolute Gasteiger partial charge is 0.478 e. The molecule has 8 heteroatoms. The number of hydrogen-bond donors (Lipinski definition) is 2. The predicted molar refractivity (Wildman–Crippen MR) is 74.9 cm³/mol. The third kappa shape index (κ3) is 2.75. The number of carboxylic acid groups (broad SMARTS) is 1. The minimum absolute atomic E-state index is 0.0406. The highest BCUT2D eigenvalue weighted by atomic mass is 32.1. The van der Waals surface area contributed by atoms with Crippen LogP contribution in [-0.4, -0.2) is 21.0 Å². The standard InChI is InChI=1S/C12H11N3O4S/c1-6-7(2)20-12(13-6)14-10-5-8(15(18)19)3-4-9(10)11(16)17/h3-5H,1-2H3,(H,13,14)(H,16,17). The van der Waals surface area contributed by atoms with Crippen LogP contribution in [0.4, 0.5) is 16.5 Å². The summed E-state index contributed by atoms with van der Waals surface area (Å²) in [6.07, 6.45) is 0. The lowest BCUT2D eigenvalue weighted by atomic mass is 10.1. The Labute approximate surface area is 118 Å². The number of aryl methyl sites for hydroxylation is 2. The Hall–Kier alpha value is -2.48. The number of hydrogen-bond acceptors (Lipinski definition) is 6. The smallest absolute Gasteiger partial charge is 0.337 e. The van der Waals surface area contributed by atoms with Crippen LogP contribution in [-0.2, 0) is 0 Å². The molecule has 20 heavy (non-hydrogen) atoms. The van der Waals surface area contributed by atoms with Crippen molar-refractivity contribution < 1.29 is 14.8 Å². The summed E-state index contributed by atoms with van der Waals surface area (Å²) in [5.41, 5.74) is 0.767. The van der Waals surface area contributed by atoms with E-state index in [1.165, 1.54) is 23.5 Å². The summed E-state index contributed by atoms with van der Waals surface area (Å²) in [5, 5.41) is 23.2. The van der Waals surface area contributed by atoms with Crippen molar-refractivity contribution in [2.75, 3.05) is 5.32 Å². The van der Waals surface area contributed by atoms with Crippen LogP contribution in [0.2, 0.25) is 0 Å². The normalized spacial score (nSPS) is 10.3. The van der Waals surface area contributed by atoms with E-state index in [0.717, 1.165) is 16.6 Å². The van der Waals surface area contributed by atoms with Gasteiger partial charge in [-0.15, -0.1) is 11.3 Å². The van der Waals surface area contributed by atoms with Crippen LogP contribution in [0.25, 0.3) is 0 Å². The number of aromatic carboxylic acids is 1. The third-order valence-electron chi connectivity index (χ3n) is 2.71. The van der Waals surface area contributed by atoms with Gasteiger partial charge in [-0.05, 0) is 19.9 Å². The molecule has 7 nitrogen and oxygen atoms in total. The molecule has 0 amide bonds. The molecule has 1 aromatic heterocycles. The van der Waals surface area contributed by atoms with Crippen molar-refractivity contribution in [2.24, 2.45) is 0 Å². The Morgan fingerprint density at radius 3 is 2.65 bits per heavy atom. The molecular formula is C12H11N3O4S. The Morgan fingerprint density at radius 2 is 2.15 bits per heavy atom. The lowest BCUT2D eigenvalue weighted by molar-refractivity contribution is -0.384. The van der Waals surface area contributed by atoms with Crippen LogP contribution in [0.15, 0.2) is 18.2 Å². The van der Waals surface area contributed by atoms with Gasteiger partial charge < -0.3 is 10.4 Å². The average molecular weight is 293 g/mol. The Kier molecular flexibility index (Phi) is 3.66. The topological polar surface area (TPSA) is 105 Å². The second-order valence-corrected chi connectivity index (χ2v) is 5.28. The molecule has 0 saturated heterocycles. The summed E-state index contributed by atoms with van der Waals surface area (Å²) < 4.78 is 0. The monoisotopic (exact) mass is 293 g/mol. The average Bonchev–Trinajstić information content (AvgIpc) is 2.67. The fraction of sp³-hybridized carbons (Fsp3) is 0.167. The molecule has 0 atom stereocenters. The Bertz CT molecular complexity index is 677. The fourth-order valence-electron chi connectivity index (χ4n) is 1.58. The van der Waals surface area contributed by atoms with Gasteiger partial charge in [-0.25, -0.2) is 9.78 Å². The molecule has 0 bridgehead atoms. The first-order chi connectivity index (χ1) is 9.38. The molecule has 1 heterocycles. The fourth-order valence-corrected chi connectivity index (χ4v) is 2.40. The zero-order valence-corrected chi connectivity index (χ0v) is 11.5. The molecule has 0 radical (unpaired) electrons. The number of benzene rings is 1. The predicted octanol–water partition coefficient (Wildman–Crippen LogP) is 3.11. The quantitative estimate of drug-likeness (QED) is 0.662. The number of carbonyl (C=O) groups is 1. The SMILES string of the molecule is Cc1nc(Nc2cc([N+](=O)[O-])ccc2C(=O)O)sc1C. The first kappa shape index (κ1) is 13.9. The number of non-ortho nitro benzene ring substituents is 1. The number of rotatable bonds is 4. The van der Waals surface area contributed by atoms with Crippen molar-refractivity contribution in [1.82, 2.24) is 4.98 Å². The van der Waals surface area contributed by atoms with E-state index in [1.807, 2.05) is 13.8 Å². The summed E-state index contributed by atoms with van der Waals surface area (Å²) in [6.45, 7) is 3.73. The van der Waals surface area contributed by atoms with Gasteiger partial charge in [-0.3, -0.25) is 10.1 Å². The molecule has 2 N–H and O–H groups in total. The van der Waals surface area contributed by atoms with Gasteiger partial charge in [0.1, 0.15) is 0 Å². The zero-order valence-electron chi connectivity index (χ0n) is 10.7. The second kappa shape index (κ2) is 5.25. The van der Waals surface area contributed by atoms with Gasteiger partial charge in [0.25, 0.3) is 5.69 Å². The zero-order chi connectivity index (χ0) is 14.9. The van der Waals surface area contributed by atoms with E-state index in [1.54, 1.807) is 0 Å². The maximum atomic E-state index is 11.1. The van der Waals surface area contributed by atoms with Gasteiger partial charge in [-0.2, -0.15) is 0 Å². The van der Waals surface area contributed by atoms with Crippen LogP contribution in [0.1, 0.15) is 20.9 Å². The van der Waals surface area contributed by atoms with Crippen LogP contribution in [0.3, 0.4) is 0 Å². The van der Waals surface area contributed by atoms with Crippen LogP contribution >= 0.6 is 11.3 Å². The Balaban J connectivity index is 2.44. The first-order valence-electron chi connectivity index (χ1n) is 5.61. The Morgan fingerprint density at radius 1 is 1.45 bits per heavy atom. The number of nitro benzene ring substituents is 1. The molecule has 0 aliphatic rings. The van der Waals surface area contributed by atoms with Crippen molar-refractivity contribution in [2.45, 2.75) is 13.8 Å². The van der Waals surface area contributed by atoms with Crippen molar-refractivity contribution in [3.8, 4) is 0 Å². The molecule has 2 aromatic rings. The van der Waals surface area contributed by atoms with Crippen LogP contribution in [0, 0.1) is 24.0 Å². The molecule has 1 aromatic carbocycles. The van der Waals surface area contributed by atoms with Gasteiger partial charge in [0.05, 0.1) is 21.9 Å². The third-order valence-corrected chi connectivity index (χ3v) is 3.70. The minimum atomic E-state index is -1.16. The van der Waals surface area contributed by atoms with E-state index in [2.05, 4.69) is 10.3 Å². The van der Waals surface area contributed by atoms with Crippen LogP contribution in [0.5, 0.6) is 0 Å². The lowest BCUT2D eigenvalue weighted by Crippen LogP contribution is -2.03. The second-order valence-electron chi connectivity index (χ2n) is 4.08. The highest BCUT2D eigenvalue weighted by Crippen LogP contribution is 2.29. The molecule has 0 spiro atoms. The van der Waals surface area contributed by atoms with Gasteiger partial charge in [0.15, 0.2) is 5.13 Å². The van der Waals surface area contributed by atoms with Crippen molar-refractivity contribution in [3.63, 3.8) is 0 Å². The van der Waals surface area contributed by atoms with Crippen molar-refractivity contribution >= 4 is 33.8 Å². The van der Waals surface area contributed by atoms with E-state index in [-0.39, 0.29) is 16.9 Å². The minimum Gasteiger partial charge on any atom is -0.478 e. The maximum absolute atomic E-state index is 11.1. The van der Waals surface area contributed by atoms with E-state index in [4.69, 9.17) is 5.11 Å². The van der Waals surface area contributed by atoms with Gasteiger partial charge in [-0.1, -0.05) is 0 Å². The van der Waals surface area contributed by atoms with E-state index >= 15 is 0 Å². The highest BCUT2D eigenvalue weighted by Gasteiger charge is 2.16. The number of nitrogens with zero attached hydrogens (tertiary/aromatic N) is 2. The number of carboxylic acids is 1. The molecular weight excluding hydrogens is 282 g/mol. The molecule has 0 saturated carbocycles. The van der Waals surface area contributed by atoms with Gasteiger partial charge in [0.2, 0.25) is 0 Å². The number of aromatic nitrogens is 1. The van der Waals surface area contributed by atoms with E-state index in [9.17, 15) is 14.9 Å². The van der Waals surface area contributed by atoms with Gasteiger partial charge in [0, 0.05) is 17.0 Å². The number of anilines is 2. The molecule has 2 rings (SSSR count). The molecule has 0 fully saturated rings. The van der Waals surface area contributed by atoms with E-state index < -0.39 is 10.9 Å². The number of thiazole rings is 1. The molecule has 0 unspecified atom stereocenters.